The van der Waals surface area contributed by atoms with E-state index in [9.17, 15) is 14.3 Å². The Morgan fingerprint density at radius 2 is 0.881 bits per heavy atom. The Labute approximate surface area is 367 Å². The molecular formula is C50H101NO7P+. The number of nitrogens with zero attached hydrogens (tertiary/aromatic N) is 1. The second kappa shape index (κ2) is 43.9. The fraction of sp³-hybridized carbons (Fsp3) is 0.940. The summed E-state index contributed by atoms with van der Waals surface area (Å²) in [6.07, 6.45) is 49.7. The summed E-state index contributed by atoms with van der Waals surface area (Å²) in [5.74, 6) is -0.317. The first kappa shape index (κ1) is 58.2. The fourth-order valence-corrected chi connectivity index (χ4v) is 8.11. The predicted octanol–water partition coefficient (Wildman–Crippen LogP) is 15.4. The molecule has 0 aliphatic rings. The topological polar surface area (TPSA) is 91.3 Å². The average Bonchev–Trinajstić information content (AvgIpc) is 3.19. The van der Waals surface area contributed by atoms with Gasteiger partial charge in [-0.05, 0) is 38.5 Å². The van der Waals surface area contributed by atoms with E-state index < -0.39 is 13.9 Å². The molecule has 0 aliphatic carbocycles. The van der Waals surface area contributed by atoms with Crippen molar-refractivity contribution in [1.82, 2.24) is 0 Å². The van der Waals surface area contributed by atoms with E-state index in [2.05, 4.69) is 26.0 Å². The molecule has 0 bridgehead atoms. The molecule has 0 aliphatic heterocycles. The molecule has 1 N–H and O–H groups in total. The first-order valence-corrected chi connectivity index (χ1v) is 26.9. The fourth-order valence-electron chi connectivity index (χ4n) is 7.37. The number of phosphoric acid groups is 1. The van der Waals surface area contributed by atoms with Crippen molar-refractivity contribution in [3.8, 4) is 0 Å². The zero-order valence-corrected chi connectivity index (χ0v) is 40.9. The summed E-state index contributed by atoms with van der Waals surface area (Å²) in [4.78, 5) is 22.9. The molecule has 0 saturated carbocycles. The van der Waals surface area contributed by atoms with Crippen LogP contribution in [0.3, 0.4) is 0 Å². The predicted molar refractivity (Wildman–Crippen MR) is 252 cm³/mol. The van der Waals surface area contributed by atoms with E-state index in [-0.39, 0.29) is 25.8 Å². The number of hydrogen-bond donors (Lipinski definition) is 1. The van der Waals surface area contributed by atoms with E-state index in [1.165, 1.54) is 186 Å². The number of phosphoric ester groups is 1. The van der Waals surface area contributed by atoms with E-state index in [1.54, 1.807) is 0 Å². The van der Waals surface area contributed by atoms with Gasteiger partial charge in [0, 0.05) is 13.0 Å². The van der Waals surface area contributed by atoms with Crippen LogP contribution in [0, 0.1) is 0 Å². The van der Waals surface area contributed by atoms with E-state index >= 15 is 0 Å². The Kier molecular flexibility index (Phi) is 43.3. The van der Waals surface area contributed by atoms with Gasteiger partial charge in [-0.3, -0.25) is 13.8 Å². The highest BCUT2D eigenvalue weighted by Gasteiger charge is 2.26. The maximum Gasteiger partial charge on any atom is 0.472 e. The number of quaternary nitrogens is 1. The molecule has 9 heteroatoms. The molecule has 0 radical (unpaired) electrons. The van der Waals surface area contributed by atoms with Crippen LogP contribution in [-0.4, -0.2) is 75.6 Å². The quantitative estimate of drug-likeness (QED) is 0.0214. The van der Waals surface area contributed by atoms with Gasteiger partial charge in [0.25, 0.3) is 0 Å². The van der Waals surface area contributed by atoms with Crippen LogP contribution in [0.1, 0.15) is 245 Å². The zero-order valence-electron chi connectivity index (χ0n) is 40.0. The van der Waals surface area contributed by atoms with Crippen LogP contribution in [0.15, 0.2) is 12.2 Å². The van der Waals surface area contributed by atoms with Crippen molar-refractivity contribution in [2.24, 2.45) is 0 Å². The second-order valence-corrected chi connectivity index (χ2v) is 20.0. The van der Waals surface area contributed by atoms with Crippen molar-refractivity contribution < 1.29 is 37.3 Å². The molecular weight excluding hydrogens is 758 g/mol. The molecule has 0 aromatic rings. The maximum atomic E-state index is 12.7. The van der Waals surface area contributed by atoms with Gasteiger partial charge in [-0.2, -0.15) is 0 Å². The monoisotopic (exact) mass is 859 g/mol. The molecule has 59 heavy (non-hydrogen) atoms. The summed E-state index contributed by atoms with van der Waals surface area (Å²) in [5, 5.41) is 0. The van der Waals surface area contributed by atoms with Gasteiger partial charge in [-0.25, -0.2) is 4.57 Å². The first-order valence-electron chi connectivity index (χ1n) is 25.4. The lowest BCUT2D eigenvalue weighted by molar-refractivity contribution is -0.870. The van der Waals surface area contributed by atoms with Crippen LogP contribution >= 0.6 is 7.82 Å². The average molecular weight is 859 g/mol. The number of esters is 1. The molecule has 2 unspecified atom stereocenters. The Morgan fingerprint density at radius 1 is 0.508 bits per heavy atom. The van der Waals surface area contributed by atoms with Gasteiger partial charge in [0.15, 0.2) is 0 Å². The number of rotatable bonds is 48. The maximum absolute atomic E-state index is 12.7. The van der Waals surface area contributed by atoms with Crippen LogP contribution in [0.4, 0.5) is 0 Å². The third-order valence-electron chi connectivity index (χ3n) is 11.3. The highest BCUT2D eigenvalue weighted by Crippen LogP contribution is 2.43. The van der Waals surface area contributed by atoms with E-state index in [1.807, 2.05) is 21.1 Å². The molecule has 0 spiro atoms. The molecule has 0 fully saturated rings. The summed E-state index contributed by atoms with van der Waals surface area (Å²) in [6, 6.07) is 0. The number of carbonyl (C=O) groups is 1. The van der Waals surface area contributed by atoms with Crippen LogP contribution in [0.2, 0.25) is 0 Å². The molecule has 0 aromatic heterocycles. The molecule has 8 nitrogen and oxygen atoms in total. The van der Waals surface area contributed by atoms with Crippen LogP contribution in [0.25, 0.3) is 0 Å². The minimum Gasteiger partial charge on any atom is -0.457 e. The van der Waals surface area contributed by atoms with Crippen molar-refractivity contribution in [2.45, 2.75) is 251 Å². The molecule has 0 rings (SSSR count). The van der Waals surface area contributed by atoms with Crippen LogP contribution in [0.5, 0.6) is 0 Å². The van der Waals surface area contributed by atoms with Gasteiger partial charge in [0.1, 0.15) is 19.3 Å². The van der Waals surface area contributed by atoms with Gasteiger partial charge >= 0.3 is 13.8 Å². The third-order valence-corrected chi connectivity index (χ3v) is 12.3. The van der Waals surface area contributed by atoms with Gasteiger partial charge in [-0.1, -0.05) is 212 Å². The summed E-state index contributed by atoms with van der Waals surface area (Å²) in [6.45, 7) is 5.66. The smallest absolute Gasteiger partial charge is 0.457 e. The van der Waals surface area contributed by atoms with Gasteiger partial charge in [0.2, 0.25) is 0 Å². The number of likely N-dealkylation sites (N-methyl/N-ethyl adjacent to an activating group) is 1. The number of hydrogen-bond acceptors (Lipinski definition) is 6. The number of unbranched alkanes of at least 4 members (excludes halogenated alkanes) is 32. The van der Waals surface area contributed by atoms with Crippen LogP contribution < -0.4 is 0 Å². The molecule has 352 valence electrons. The van der Waals surface area contributed by atoms with Crippen molar-refractivity contribution in [3.05, 3.63) is 12.2 Å². The zero-order chi connectivity index (χ0) is 43.4. The minimum atomic E-state index is -4.27. The molecule has 0 saturated heterocycles. The Bertz CT molecular complexity index is 956. The normalized spacial score (nSPS) is 13.7. The largest absolute Gasteiger partial charge is 0.472 e. The van der Waals surface area contributed by atoms with Crippen molar-refractivity contribution in [2.75, 3.05) is 54.1 Å². The van der Waals surface area contributed by atoms with Crippen molar-refractivity contribution in [3.63, 3.8) is 0 Å². The van der Waals surface area contributed by atoms with Crippen LogP contribution in [-0.2, 0) is 27.9 Å². The highest BCUT2D eigenvalue weighted by molar-refractivity contribution is 7.47. The van der Waals surface area contributed by atoms with E-state index in [0.717, 1.165) is 38.5 Å². The molecule has 2 atom stereocenters. The minimum absolute atomic E-state index is 0.0905. The number of carbonyl (C=O) groups excluding carboxylic acids is 1. The summed E-state index contributed by atoms with van der Waals surface area (Å²) >= 11 is 0. The lowest BCUT2D eigenvalue weighted by atomic mass is 10.0. The SMILES string of the molecule is CCCCCCC/C=C\CCCCCCCC(=O)OC(COCCCCCCCCCCCCCCCCCCCCCCCCC)COP(=O)(O)OCC[N+](C)(C)C. The standard InChI is InChI=1S/C50H100NO7P/c1-6-8-10-12-14-16-18-20-22-23-24-25-26-27-28-29-30-32-34-36-38-40-42-45-55-47-49(48-57-59(53,54)56-46-44-51(3,4)5)58-50(52)43-41-39-37-35-33-31-21-19-17-15-13-11-9-7-2/h19,21,49H,6-18,20,22-48H2,1-5H3/p+1/b21-19-. The Balaban J connectivity index is 4.06. The first-order chi connectivity index (χ1) is 28.6. The van der Waals surface area contributed by atoms with E-state index in [4.69, 9.17) is 18.5 Å². The molecule has 0 aromatic carbocycles. The lowest BCUT2D eigenvalue weighted by Gasteiger charge is -2.24. The highest BCUT2D eigenvalue weighted by atomic mass is 31.2. The van der Waals surface area contributed by atoms with Gasteiger partial charge in [0.05, 0.1) is 34.4 Å². The lowest BCUT2D eigenvalue weighted by Crippen LogP contribution is -2.37. The van der Waals surface area contributed by atoms with Crippen molar-refractivity contribution >= 4 is 13.8 Å². The third kappa shape index (κ3) is 48.1. The van der Waals surface area contributed by atoms with Gasteiger partial charge < -0.3 is 18.9 Å². The van der Waals surface area contributed by atoms with Crippen molar-refractivity contribution in [1.29, 1.82) is 0 Å². The molecule has 0 heterocycles. The second-order valence-electron chi connectivity index (χ2n) is 18.6. The summed E-state index contributed by atoms with van der Waals surface area (Å²) in [7, 11) is 1.68. The Morgan fingerprint density at radius 3 is 1.29 bits per heavy atom. The van der Waals surface area contributed by atoms with E-state index in [0.29, 0.717) is 24.1 Å². The van der Waals surface area contributed by atoms with Gasteiger partial charge in [-0.15, -0.1) is 0 Å². The number of ether oxygens (including phenoxy) is 2. The summed E-state index contributed by atoms with van der Waals surface area (Å²) in [5.41, 5.74) is 0. The number of allylic oxidation sites excluding steroid dienone is 2. The Hall–Kier alpha value is -0.760. The summed E-state index contributed by atoms with van der Waals surface area (Å²) < 4.78 is 35.1. The molecule has 0 amide bonds.